The molecule has 3 N–H and O–H groups in total. The fourth-order valence-corrected chi connectivity index (χ4v) is 9.38. The third-order valence-electron chi connectivity index (χ3n) is 11.3. The van der Waals surface area contributed by atoms with E-state index in [4.69, 9.17) is 4.74 Å². The van der Waals surface area contributed by atoms with Gasteiger partial charge in [-0.25, -0.2) is 18.0 Å². The number of fused-ring (bicyclic) bond motifs is 3. The molecule has 4 fully saturated rings. The van der Waals surface area contributed by atoms with Gasteiger partial charge in [0.15, 0.2) is 0 Å². The minimum Gasteiger partial charge on any atom is -0.444 e. The molecule has 4 bridgehead atoms. The first kappa shape index (κ1) is 35.0. The van der Waals surface area contributed by atoms with E-state index in [1.54, 1.807) is 16.8 Å². The highest BCUT2D eigenvalue weighted by Gasteiger charge is 2.62. The average Bonchev–Trinajstić information content (AvgIpc) is 3.88. The van der Waals surface area contributed by atoms with Crippen LogP contribution in [0, 0.1) is 11.8 Å². The highest BCUT2D eigenvalue weighted by molar-refractivity contribution is 7.91. The number of urea groups is 1. The summed E-state index contributed by atoms with van der Waals surface area (Å²) >= 11 is 0. The summed E-state index contributed by atoms with van der Waals surface area (Å²) in [4.78, 5) is 73.8. The van der Waals surface area contributed by atoms with Gasteiger partial charge in [0.1, 0.15) is 23.7 Å². The van der Waals surface area contributed by atoms with Crippen molar-refractivity contribution in [3.05, 3.63) is 53.6 Å². The van der Waals surface area contributed by atoms with Gasteiger partial charge in [0.05, 0.1) is 18.3 Å². The number of carbonyl (C=O) groups is 5. The van der Waals surface area contributed by atoms with Gasteiger partial charge in [0.2, 0.25) is 21.8 Å². The quantitative estimate of drug-likeness (QED) is 0.360. The molecule has 274 valence electrons. The zero-order valence-corrected chi connectivity index (χ0v) is 29.7. The van der Waals surface area contributed by atoms with Crippen LogP contribution in [0.3, 0.4) is 0 Å². The molecule has 6 aliphatic rings. The summed E-state index contributed by atoms with van der Waals surface area (Å²) in [7, 11) is -2.22. The zero-order chi connectivity index (χ0) is 36.1. The lowest BCUT2D eigenvalue weighted by atomic mass is 9.96. The lowest BCUT2D eigenvalue weighted by molar-refractivity contribution is -0.142. The molecule has 7 rings (SSSR count). The van der Waals surface area contributed by atoms with Crippen molar-refractivity contribution < 1.29 is 37.1 Å². The lowest BCUT2D eigenvalue weighted by Gasteiger charge is -2.33. The molecule has 0 aromatic heterocycles. The van der Waals surface area contributed by atoms with Gasteiger partial charge in [0, 0.05) is 32.5 Å². The van der Waals surface area contributed by atoms with Crippen LogP contribution in [0.15, 0.2) is 36.9 Å². The third-order valence-corrected chi connectivity index (χ3v) is 13.2. The van der Waals surface area contributed by atoms with E-state index in [-0.39, 0.29) is 25.3 Å². The summed E-state index contributed by atoms with van der Waals surface area (Å²) in [5.41, 5.74) is 1.43. The van der Waals surface area contributed by atoms with Gasteiger partial charge < -0.3 is 25.2 Å². The molecule has 1 saturated heterocycles. The Labute approximate surface area is 298 Å². The summed E-state index contributed by atoms with van der Waals surface area (Å²) < 4.78 is 33.5. The maximum atomic E-state index is 14.5. The maximum Gasteiger partial charge on any atom is 0.410 e. The van der Waals surface area contributed by atoms with Crippen LogP contribution in [0.2, 0.25) is 0 Å². The SMILES string of the molecule is C=C[C@@H]1C[C@]1(NC(=O)[C@@H]1C[C@@H]2CN1C(=O)[C@H](C1CCCC1)NC(=O)N(C)CCC=Cc1cccc3c1CN(C3)C(=O)O2)C(=O)NS(=O)(=O)C1CC1. The topological polar surface area (TPSA) is 175 Å². The minimum atomic E-state index is -3.89. The predicted molar refractivity (Wildman–Crippen MR) is 186 cm³/mol. The Morgan fingerprint density at radius 3 is 2.57 bits per heavy atom. The normalized spacial score (nSPS) is 30.0. The summed E-state index contributed by atoms with van der Waals surface area (Å²) in [5.74, 6) is -2.65. The Bertz CT molecular complexity index is 1770. The van der Waals surface area contributed by atoms with Crippen LogP contribution >= 0.6 is 0 Å². The van der Waals surface area contributed by atoms with Crippen LogP contribution < -0.4 is 15.4 Å². The Balaban J connectivity index is 1.18. The molecule has 3 aliphatic carbocycles. The van der Waals surface area contributed by atoms with E-state index in [9.17, 15) is 32.4 Å². The smallest absolute Gasteiger partial charge is 0.410 e. The van der Waals surface area contributed by atoms with Gasteiger partial charge in [-0.15, -0.1) is 6.58 Å². The first-order valence-electron chi connectivity index (χ1n) is 18.0. The summed E-state index contributed by atoms with van der Waals surface area (Å²) in [6.45, 7) is 4.77. The molecular weight excluding hydrogens is 676 g/mol. The highest BCUT2D eigenvalue weighted by atomic mass is 32.2. The number of ether oxygens (including phenoxy) is 1. The molecule has 51 heavy (non-hydrogen) atoms. The second-order valence-electron chi connectivity index (χ2n) is 14.9. The van der Waals surface area contributed by atoms with Crippen molar-refractivity contribution in [3.63, 3.8) is 0 Å². The van der Waals surface area contributed by atoms with E-state index >= 15 is 0 Å². The molecule has 15 heteroatoms. The maximum absolute atomic E-state index is 14.5. The number of benzene rings is 1. The van der Waals surface area contributed by atoms with Crippen molar-refractivity contribution in [1.29, 1.82) is 0 Å². The molecule has 0 radical (unpaired) electrons. The van der Waals surface area contributed by atoms with Crippen molar-refractivity contribution in [1.82, 2.24) is 30.1 Å². The van der Waals surface area contributed by atoms with Crippen LogP contribution in [0.5, 0.6) is 0 Å². The summed E-state index contributed by atoms with van der Waals surface area (Å²) in [6, 6.07) is 3.41. The molecule has 14 nitrogen and oxygen atoms in total. The predicted octanol–water partition coefficient (Wildman–Crippen LogP) is 2.39. The van der Waals surface area contributed by atoms with Crippen LogP contribution in [0.1, 0.15) is 74.5 Å². The minimum absolute atomic E-state index is 0.0415. The van der Waals surface area contributed by atoms with Crippen molar-refractivity contribution in [2.24, 2.45) is 11.8 Å². The largest absolute Gasteiger partial charge is 0.444 e. The molecule has 1 aromatic rings. The number of sulfonamides is 1. The van der Waals surface area contributed by atoms with Crippen molar-refractivity contribution in [2.75, 3.05) is 20.1 Å². The molecule has 6 amide bonds. The molecule has 1 aromatic carbocycles. The van der Waals surface area contributed by atoms with Gasteiger partial charge in [-0.05, 0) is 61.1 Å². The Kier molecular flexibility index (Phi) is 9.35. The van der Waals surface area contributed by atoms with Crippen molar-refractivity contribution >= 4 is 45.9 Å². The number of carbonyl (C=O) groups excluding carboxylic acids is 5. The summed E-state index contributed by atoms with van der Waals surface area (Å²) in [6.07, 6.45) is 8.91. The third kappa shape index (κ3) is 6.96. The Morgan fingerprint density at radius 1 is 1.10 bits per heavy atom. The van der Waals surface area contributed by atoms with Crippen LogP contribution in [0.4, 0.5) is 9.59 Å². The van der Waals surface area contributed by atoms with E-state index in [0.29, 0.717) is 38.9 Å². The fraction of sp³-hybridized carbons (Fsp3) is 0.583. The van der Waals surface area contributed by atoms with Gasteiger partial charge in [-0.2, -0.15) is 0 Å². The molecule has 3 heterocycles. The number of nitrogens with zero attached hydrogens (tertiary/aromatic N) is 3. The number of rotatable bonds is 7. The van der Waals surface area contributed by atoms with Crippen LogP contribution in [-0.4, -0.2) is 102 Å². The van der Waals surface area contributed by atoms with E-state index in [1.807, 2.05) is 30.4 Å². The van der Waals surface area contributed by atoms with Gasteiger partial charge in [-0.3, -0.25) is 24.0 Å². The Morgan fingerprint density at radius 2 is 1.86 bits per heavy atom. The molecular formula is C36H46N6O8S. The second kappa shape index (κ2) is 13.6. The number of hydrogen-bond acceptors (Lipinski definition) is 8. The van der Waals surface area contributed by atoms with Crippen molar-refractivity contribution in [3.8, 4) is 0 Å². The second-order valence-corrected chi connectivity index (χ2v) is 16.8. The van der Waals surface area contributed by atoms with Gasteiger partial charge in [-0.1, -0.05) is 49.3 Å². The van der Waals surface area contributed by atoms with Gasteiger partial charge in [0.25, 0.3) is 5.91 Å². The zero-order valence-electron chi connectivity index (χ0n) is 28.8. The lowest BCUT2D eigenvalue weighted by Crippen LogP contribution is -2.59. The standard InChI is InChI=1S/C36H46N6O8S/c1-3-25-18-36(25,33(45)39-51(48,49)27-14-15-27)38-31(43)29-17-26-20-42(29)32(44)30(23-10-4-5-11-23)37-34(46)40(2)16-7-6-9-22-12-8-13-24-19-41(21-28(22)24)35(47)50-26/h3,6,8-9,12-13,23,25-27,29-30H,1,4-5,7,10-11,14-21H2,2H3,(H,37,46)(H,38,43)(H,39,45)/t25-,26-,29+,30+,36-/m1/s1. The van der Waals surface area contributed by atoms with E-state index < -0.39 is 74.8 Å². The number of nitrogens with one attached hydrogen (secondary N) is 3. The van der Waals surface area contributed by atoms with E-state index in [0.717, 1.165) is 42.4 Å². The first-order valence-corrected chi connectivity index (χ1v) is 19.5. The summed E-state index contributed by atoms with van der Waals surface area (Å²) in [5, 5.41) is 5.10. The molecule has 0 spiro atoms. The van der Waals surface area contributed by atoms with Crippen molar-refractivity contribution in [2.45, 2.75) is 99.9 Å². The number of amides is 6. The van der Waals surface area contributed by atoms with E-state index in [1.165, 1.54) is 11.0 Å². The first-order chi connectivity index (χ1) is 24.4. The number of hydrogen-bond donors (Lipinski definition) is 3. The van der Waals surface area contributed by atoms with E-state index in [2.05, 4.69) is 21.9 Å². The van der Waals surface area contributed by atoms with Crippen LogP contribution in [0.25, 0.3) is 6.08 Å². The average molecular weight is 723 g/mol. The molecule has 5 atom stereocenters. The molecule has 0 unspecified atom stereocenters. The van der Waals surface area contributed by atoms with Crippen LogP contribution in [-0.2, 0) is 42.2 Å². The monoisotopic (exact) mass is 722 g/mol. The van der Waals surface area contributed by atoms with Gasteiger partial charge >= 0.3 is 12.1 Å². The highest BCUT2D eigenvalue weighted by Crippen LogP contribution is 2.45. The fourth-order valence-electron chi connectivity index (χ4n) is 8.02. The Hall–Kier alpha value is -4.40. The molecule has 3 aliphatic heterocycles. The molecule has 3 saturated carbocycles.